The number of hydrogen-bond donors (Lipinski definition) is 0. The van der Waals surface area contributed by atoms with E-state index in [9.17, 15) is 13.6 Å². The Hall–Kier alpha value is -1.74. The Kier molecular flexibility index (Phi) is 3.43. The molecule has 0 aliphatic heterocycles. The molecule has 0 fully saturated rings. The molecule has 18 heavy (non-hydrogen) atoms. The summed E-state index contributed by atoms with van der Waals surface area (Å²) in [5, 5.41) is -0.111. The average molecular weight is 267 g/mol. The number of carbonyl (C=O) groups is 1. The molecule has 2 rings (SSSR count). The van der Waals surface area contributed by atoms with Gasteiger partial charge < -0.3 is 0 Å². The van der Waals surface area contributed by atoms with E-state index < -0.39 is 17.4 Å². The van der Waals surface area contributed by atoms with Crippen LogP contribution in [0.2, 0.25) is 5.02 Å². The lowest BCUT2D eigenvalue weighted by Crippen LogP contribution is -2.05. The summed E-state index contributed by atoms with van der Waals surface area (Å²) in [6.07, 6.45) is 0. The van der Waals surface area contributed by atoms with Crippen molar-refractivity contribution in [2.45, 2.75) is 6.92 Å². The molecule has 0 bridgehead atoms. The van der Waals surface area contributed by atoms with Crippen LogP contribution in [0.4, 0.5) is 8.78 Å². The van der Waals surface area contributed by atoms with E-state index in [4.69, 9.17) is 11.6 Å². The second-order valence-corrected chi connectivity index (χ2v) is 4.30. The van der Waals surface area contributed by atoms with E-state index >= 15 is 0 Å². The zero-order chi connectivity index (χ0) is 13.3. The summed E-state index contributed by atoms with van der Waals surface area (Å²) in [5.41, 5.74) is 0.451. The summed E-state index contributed by atoms with van der Waals surface area (Å²) in [5.74, 6) is -1.68. The second kappa shape index (κ2) is 4.86. The standard InChI is InChI=1S/C14H9ClF2O/c1-8-7-9(5-6-12(8)16)14(18)10-3-2-4-11(15)13(10)17/h2-7H,1H3. The Morgan fingerprint density at radius 2 is 1.89 bits per heavy atom. The number of carbonyl (C=O) groups excluding carboxylic acids is 1. The summed E-state index contributed by atoms with van der Waals surface area (Å²) >= 11 is 5.61. The van der Waals surface area contributed by atoms with E-state index in [0.717, 1.165) is 0 Å². The maximum atomic E-state index is 13.7. The summed E-state index contributed by atoms with van der Waals surface area (Å²) < 4.78 is 26.8. The molecule has 2 aromatic carbocycles. The Balaban J connectivity index is 2.48. The quantitative estimate of drug-likeness (QED) is 0.746. The molecule has 0 saturated heterocycles. The molecule has 0 N–H and O–H groups in total. The van der Waals surface area contributed by atoms with E-state index in [1.54, 1.807) is 6.92 Å². The van der Waals surface area contributed by atoms with Gasteiger partial charge in [-0.2, -0.15) is 0 Å². The second-order valence-electron chi connectivity index (χ2n) is 3.89. The first-order valence-corrected chi connectivity index (χ1v) is 5.63. The van der Waals surface area contributed by atoms with Crippen LogP contribution in [0.25, 0.3) is 0 Å². The van der Waals surface area contributed by atoms with Gasteiger partial charge in [-0.15, -0.1) is 0 Å². The van der Waals surface area contributed by atoms with Crippen LogP contribution in [0.5, 0.6) is 0 Å². The molecule has 92 valence electrons. The lowest BCUT2D eigenvalue weighted by molar-refractivity contribution is 0.103. The molecule has 0 radical (unpaired) electrons. The highest BCUT2D eigenvalue weighted by Gasteiger charge is 2.16. The highest BCUT2D eigenvalue weighted by molar-refractivity contribution is 6.31. The number of ketones is 1. The normalized spacial score (nSPS) is 10.4. The van der Waals surface area contributed by atoms with Crippen molar-refractivity contribution in [3.63, 3.8) is 0 Å². The first kappa shape index (κ1) is 12.7. The van der Waals surface area contributed by atoms with Gasteiger partial charge in [0.15, 0.2) is 11.6 Å². The summed E-state index contributed by atoms with van der Waals surface area (Å²) in [7, 11) is 0. The van der Waals surface area contributed by atoms with Gasteiger partial charge in [0.05, 0.1) is 10.6 Å². The van der Waals surface area contributed by atoms with Crippen molar-refractivity contribution in [1.29, 1.82) is 0 Å². The lowest BCUT2D eigenvalue weighted by Gasteiger charge is -2.05. The van der Waals surface area contributed by atoms with Gasteiger partial charge >= 0.3 is 0 Å². The zero-order valence-corrected chi connectivity index (χ0v) is 10.3. The van der Waals surface area contributed by atoms with Crippen LogP contribution >= 0.6 is 11.6 Å². The molecule has 0 atom stereocenters. The lowest BCUT2D eigenvalue weighted by atomic mass is 10.0. The fourth-order valence-corrected chi connectivity index (χ4v) is 1.80. The van der Waals surface area contributed by atoms with Crippen molar-refractivity contribution in [2.24, 2.45) is 0 Å². The van der Waals surface area contributed by atoms with Crippen molar-refractivity contribution >= 4 is 17.4 Å². The highest BCUT2D eigenvalue weighted by Crippen LogP contribution is 2.21. The van der Waals surface area contributed by atoms with Gasteiger partial charge in [0.1, 0.15) is 5.82 Å². The molecule has 0 heterocycles. The molecule has 4 heteroatoms. The maximum Gasteiger partial charge on any atom is 0.196 e. The SMILES string of the molecule is Cc1cc(C(=O)c2cccc(Cl)c2F)ccc1F. The van der Waals surface area contributed by atoms with Crippen molar-refractivity contribution in [3.8, 4) is 0 Å². The Bertz CT molecular complexity index is 623. The smallest absolute Gasteiger partial charge is 0.196 e. The first-order valence-electron chi connectivity index (χ1n) is 5.25. The minimum atomic E-state index is -0.758. The van der Waals surface area contributed by atoms with Gasteiger partial charge in [0.2, 0.25) is 0 Å². The van der Waals surface area contributed by atoms with Crippen molar-refractivity contribution in [2.75, 3.05) is 0 Å². The van der Waals surface area contributed by atoms with Crippen LogP contribution in [-0.2, 0) is 0 Å². The molecule has 1 nitrogen and oxygen atoms in total. The predicted octanol–water partition coefficient (Wildman–Crippen LogP) is 4.16. The molecule has 0 aliphatic carbocycles. The summed E-state index contributed by atoms with van der Waals surface area (Å²) in [4.78, 5) is 12.1. The van der Waals surface area contributed by atoms with Gasteiger partial charge in [-0.25, -0.2) is 8.78 Å². The Morgan fingerprint density at radius 1 is 1.17 bits per heavy atom. The number of halogens is 3. The van der Waals surface area contributed by atoms with E-state index in [1.165, 1.54) is 36.4 Å². The Labute approximate surface area is 108 Å². The number of hydrogen-bond acceptors (Lipinski definition) is 1. The predicted molar refractivity (Wildman–Crippen MR) is 66.0 cm³/mol. The van der Waals surface area contributed by atoms with Crippen LogP contribution < -0.4 is 0 Å². The third-order valence-corrected chi connectivity index (χ3v) is 2.91. The molecule has 0 unspecified atom stereocenters. The van der Waals surface area contributed by atoms with E-state index in [0.29, 0.717) is 5.56 Å². The molecular weight excluding hydrogens is 258 g/mol. The number of rotatable bonds is 2. The number of benzene rings is 2. The van der Waals surface area contributed by atoms with Crippen LogP contribution in [-0.4, -0.2) is 5.78 Å². The van der Waals surface area contributed by atoms with Crippen LogP contribution in [0.3, 0.4) is 0 Å². The van der Waals surface area contributed by atoms with Crippen molar-refractivity contribution < 1.29 is 13.6 Å². The first-order chi connectivity index (χ1) is 8.50. The van der Waals surface area contributed by atoms with Gasteiger partial charge in [0, 0.05) is 5.56 Å². The molecule has 0 saturated carbocycles. The van der Waals surface area contributed by atoms with E-state index in [1.807, 2.05) is 0 Å². The van der Waals surface area contributed by atoms with Gasteiger partial charge in [0.25, 0.3) is 0 Å². The van der Waals surface area contributed by atoms with E-state index in [2.05, 4.69) is 0 Å². The summed E-state index contributed by atoms with van der Waals surface area (Å²) in [6, 6.07) is 8.11. The molecule has 0 spiro atoms. The van der Waals surface area contributed by atoms with Crippen LogP contribution in [0, 0.1) is 18.6 Å². The monoisotopic (exact) mass is 266 g/mol. The topological polar surface area (TPSA) is 17.1 Å². The molecular formula is C14H9ClF2O. The van der Waals surface area contributed by atoms with Crippen molar-refractivity contribution in [3.05, 3.63) is 69.7 Å². The van der Waals surface area contributed by atoms with Crippen LogP contribution in [0.1, 0.15) is 21.5 Å². The zero-order valence-electron chi connectivity index (χ0n) is 9.51. The minimum Gasteiger partial charge on any atom is -0.288 e. The third-order valence-electron chi connectivity index (χ3n) is 2.62. The molecule has 2 aromatic rings. The summed E-state index contributed by atoms with van der Waals surface area (Å²) in [6.45, 7) is 1.54. The fourth-order valence-electron chi connectivity index (χ4n) is 1.62. The van der Waals surface area contributed by atoms with Gasteiger partial charge in [-0.1, -0.05) is 17.7 Å². The molecule has 0 aliphatic rings. The molecule has 0 aromatic heterocycles. The molecule has 0 amide bonds. The number of aryl methyl sites for hydroxylation is 1. The minimum absolute atomic E-state index is 0.111. The van der Waals surface area contributed by atoms with Gasteiger partial charge in [-0.05, 0) is 42.8 Å². The van der Waals surface area contributed by atoms with Crippen LogP contribution in [0.15, 0.2) is 36.4 Å². The largest absolute Gasteiger partial charge is 0.288 e. The Morgan fingerprint density at radius 3 is 2.56 bits per heavy atom. The van der Waals surface area contributed by atoms with Gasteiger partial charge in [-0.3, -0.25) is 4.79 Å². The third kappa shape index (κ3) is 2.27. The van der Waals surface area contributed by atoms with E-state index in [-0.39, 0.29) is 16.1 Å². The highest BCUT2D eigenvalue weighted by atomic mass is 35.5. The average Bonchev–Trinajstić information content (AvgIpc) is 2.35. The van der Waals surface area contributed by atoms with Crippen molar-refractivity contribution in [1.82, 2.24) is 0 Å². The fraction of sp³-hybridized carbons (Fsp3) is 0.0714. The maximum absolute atomic E-state index is 13.7.